The summed E-state index contributed by atoms with van der Waals surface area (Å²) in [5.74, 6) is -0.346. The maximum Gasteiger partial charge on any atom is 0.320 e. The Morgan fingerprint density at radius 3 is 2.30 bits per heavy atom. The van der Waals surface area contributed by atoms with E-state index in [1.54, 1.807) is 0 Å². The topological polar surface area (TPSA) is 61.7 Å². The number of aliphatic imine (C=N–C) groups is 1. The summed E-state index contributed by atoms with van der Waals surface area (Å²) in [6.45, 7) is 6.92. The van der Waals surface area contributed by atoms with Gasteiger partial charge in [0.15, 0.2) is 0 Å². The van der Waals surface area contributed by atoms with E-state index in [2.05, 4.69) is 48.5 Å². The number of nitrogens with one attached hydrogen (secondary N) is 1. The van der Waals surface area contributed by atoms with Crippen molar-refractivity contribution in [1.29, 1.82) is 0 Å². The van der Waals surface area contributed by atoms with Gasteiger partial charge in [0.1, 0.15) is 6.04 Å². The van der Waals surface area contributed by atoms with Gasteiger partial charge in [0, 0.05) is 6.04 Å². The van der Waals surface area contributed by atoms with Crippen molar-refractivity contribution in [3.8, 4) is 0 Å². The molecule has 0 spiro atoms. The van der Waals surface area contributed by atoms with Crippen molar-refractivity contribution in [3.05, 3.63) is 0 Å². The molecule has 0 aliphatic rings. The van der Waals surface area contributed by atoms with Crippen molar-refractivity contribution >= 4 is 23.3 Å². The van der Waals surface area contributed by atoms with Gasteiger partial charge in [-0.05, 0) is 37.9 Å². The highest BCUT2D eigenvalue weighted by Gasteiger charge is 2.21. The molecule has 0 fully saturated rings. The fraction of sp³-hybridized carbons (Fsp3) is 0.889. The number of nitrogens with zero attached hydrogens (tertiary/aromatic N) is 1. The van der Waals surface area contributed by atoms with Crippen molar-refractivity contribution in [2.45, 2.75) is 90.6 Å². The summed E-state index contributed by atoms with van der Waals surface area (Å²) in [6.07, 6.45) is 10.8. The van der Waals surface area contributed by atoms with Crippen LogP contribution in [0.1, 0.15) is 78.6 Å². The number of hydrogen-bond acceptors (Lipinski definition) is 4. The third kappa shape index (κ3) is 12.3. The fourth-order valence-corrected chi connectivity index (χ4v) is 2.76. The van der Waals surface area contributed by atoms with Gasteiger partial charge < -0.3 is 10.4 Å². The highest BCUT2D eigenvalue weighted by molar-refractivity contribution is 7.78. The molecule has 134 valence electrons. The van der Waals surface area contributed by atoms with Crippen LogP contribution < -0.4 is 5.32 Å². The van der Waals surface area contributed by atoms with Crippen LogP contribution in [0.5, 0.6) is 0 Å². The number of carboxylic acid groups (broad SMARTS) is 1. The van der Waals surface area contributed by atoms with Gasteiger partial charge in [0.25, 0.3) is 0 Å². The van der Waals surface area contributed by atoms with Crippen LogP contribution in [0.3, 0.4) is 0 Å². The predicted molar refractivity (Wildman–Crippen MR) is 100 cm³/mol. The molecule has 0 radical (unpaired) electrons. The van der Waals surface area contributed by atoms with Gasteiger partial charge in [-0.3, -0.25) is 4.79 Å². The molecule has 23 heavy (non-hydrogen) atoms. The van der Waals surface area contributed by atoms with Crippen LogP contribution in [0.4, 0.5) is 0 Å². The molecule has 0 amide bonds. The Balaban J connectivity index is 3.94. The third-order valence-electron chi connectivity index (χ3n) is 4.47. The molecule has 0 bridgehead atoms. The van der Waals surface area contributed by atoms with Gasteiger partial charge in [-0.1, -0.05) is 58.8 Å². The lowest BCUT2D eigenvalue weighted by Gasteiger charge is -2.25. The Hall–Kier alpha value is -0.770. The van der Waals surface area contributed by atoms with E-state index < -0.39 is 12.0 Å². The first-order valence-electron chi connectivity index (χ1n) is 9.05. The lowest BCUT2D eigenvalue weighted by atomic mass is 9.95. The molecule has 3 atom stereocenters. The lowest BCUT2D eigenvalue weighted by Crippen LogP contribution is -2.45. The van der Waals surface area contributed by atoms with E-state index in [0.29, 0.717) is 18.9 Å². The average molecular weight is 343 g/mol. The normalized spacial score (nSPS) is 14.7. The summed E-state index contributed by atoms with van der Waals surface area (Å²) in [4.78, 5) is 15.1. The summed E-state index contributed by atoms with van der Waals surface area (Å²) in [5.41, 5.74) is 0. The molecule has 3 unspecified atom stereocenters. The summed E-state index contributed by atoms with van der Waals surface area (Å²) >= 11 is 4.51. The van der Waals surface area contributed by atoms with Gasteiger partial charge in [-0.2, -0.15) is 0 Å². The van der Waals surface area contributed by atoms with Crippen LogP contribution in [0.15, 0.2) is 4.99 Å². The van der Waals surface area contributed by atoms with Gasteiger partial charge in [-0.15, -0.1) is 0 Å². The van der Waals surface area contributed by atoms with E-state index in [0.717, 1.165) is 6.42 Å². The van der Waals surface area contributed by atoms with Crippen molar-refractivity contribution in [1.82, 2.24) is 5.32 Å². The zero-order valence-corrected chi connectivity index (χ0v) is 15.8. The number of carbonyl (C=O) groups is 1. The van der Waals surface area contributed by atoms with Crippen LogP contribution in [0, 0.1) is 5.92 Å². The Bertz CT molecular complexity index is 357. The van der Waals surface area contributed by atoms with Gasteiger partial charge in [0.2, 0.25) is 0 Å². The van der Waals surface area contributed by atoms with Crippen molar-refractivity contribution < 1.29 is 9.90 Å². The second-order valence-electron chi connectivity index (χ2n) is 6.50. The second kappa shape index (κ2) is 14.8. The lowest BCUT2D eigenvalue weighted by molar-refractivity contribution is -0.139. The highest BCUT2D eigenvalue weighted by atomic mass is 32.1. The highest BCUT2D eigenvalue weighted by Crippen LogP contribution is 2.16. The molecular weight excluding hydrogens is 308 g/mol. The minimum Gasteiger partial charge on any atom is -0.480 e. The smallest absolute Gasteiger partial charge is 0.320 e. The first-order chi connectivity index (χ1) is 11.0. The number of aliphatic carboxylic acids is 1. The van der Waals surface area contributed by atoms with E-state index in [4.69, 9.17) is 0 Å². The minimum absolute atomic E-state index is 0.188. The van der Waals surface area contributed by atoms with Gasteiger partial charge in [-0.25, -0.2) is 4.99 Å². The standard InChI is InChI=1S/C18H34N2O2S/c1-4-5-6-7-8-9-10-11-15(2)16(3)20-17(18(21)22)12-13-19-14-23/h15-17,20H,4-13H2,1-3H3,(H,21,22). The van der Waals surface area contributed by atoms with E-state index in [1.807, 2.05) is 0 Å². The minimum atomic E-state index is -0.820. The predicted octanol–water partition coefficient (Wildman–Crippen LogP) is 4.69. The van der Waals surface area contributed by atoms with Crippen molar-refractivity contribution in [3.63, 3.8) is 0 Å². The molecule has 0 heterocycles. The molecular formula is C18H34N2O2S. The van der Waals surface area contributed by atoms with Crippen LogP contribution in [-0.2, 0) is 4.79 Å². The Morgan fingerprint density at radius 2 is 1.74 bits per heavy atom. The molecule has 0 aromatic rings. The van der Waals surface area contributed by atoms with E-state index >= 15 is 0 Å². The SMILES string of the molecule is CCCCCCCCCC(C)C(C)NC(CCN=C=S)C(=O)O. The summed E-state index contributed by atoms with van der Waals surface area (Å²) in [5, 5.41) is 14.8. The van der Waals surface area contributed by atoms with Crippen molar-refractivity contribution in [2.75, 3.05) is 6.54 Å². The zero-order chi connectivity index (χ0) is 17.5. The van der Waals surface area contributed by atoms with Crippen molar-refractivity contribution in [2.24, 2.45) is 10.9 Å². The van der Waals surface area contributed by atoms with E-state index in [9.17, 15) is 9.90 Å². The number of unbranched alkanes of at least 4 members (excludes halogenated alkanes) is 6. The molecule has 0 rings (SSSR count). The summed E-state index contributed by atoms with van der Waals surface area (Å²) < 4.78 is 0. The maximum absolute atomic E-state index is 11.3. The summed E-state index contributed by atoms with van der Waals surface area (Å²) in [7, 11) is 0. The molecule has 0 aliphatic carbocycles. The van der Waals surface area contributed by atoms with E-state index in [1.165, 1.54) is 44.9 Å². The monoisotopic (exact) mass is 342 g/mol. The van der Waals surface area contributed by atoms with Crippen LogP contribution in [-0.4, -0.2) is 34.9 Å². The number of carboxylic acids is 1. The molecule has 0 aromatic heterocycles. The number of thiocarbonyl (C=S) groups is 1. The fourth-order valence-electron chi connectivity index (χ4n) is 2.67. The Kier molecular flexibility index (Phi) is 14.3. The second-order valence-corrected chi connectivity index (χ2v) is 6.68. The third-order valence-corrected chi connectivity index (χ3v) is 4.60. The van der Waals surface area contributed by atoms with Crippen LogP contribution >= 0.6 is 12.2 Å². The Labute approximate surface area is 147 Å². The first kappa shape index (κ1) is 22.2. The molecule has 0 saturated carbocycles. The maximum atomic E-state index is 11.3. The summed E-state index contributed by atoms with van der Waals surface area (Å²) in [6, 6.07) is -0.374. The quantitative estimate of drug-likeness (QED) is 0.257. The Morgan fingerprint density at radius 1 is 1.13 bits per heavy atom. The number of isothiocyanates is 1. The zero-order valence-electron chi connectivity index (χ0n) is 15.0. The largest absolute Gasteiger partial charge is 0.480 e. The molecule has 0 saturated heterocycles. The number of hydrogen-bond donors (Lipinski definition) is 2. The first-order valence-corrected chi connectivity index (χ1v) is 9.46. The van der Waals surface area contributed by atoms with Crippen LogP contribution in [0.2, 0.25) is 0 Å². The number of rotatable bonds is 15. The molecule has 5 heteroatoms. The molecule has 0 aliphatic heterocycles. The van der Waals surface area contributed by atoms with E-state index in [-0.39, 0.29) is 6.04 Å². The molecule has 4 nitrogen and oxygen atoms in total. The van der Waals surface area contributed by atoms with Gasteiger partial charge in [0.05, 0.1) is 11.7 Å². The molecule has 2 N–H and O–H groups in total. The average Bonchev–Trinajstić information content (AvgIpc) is 2.52. The molecule has 0 aromatic carbocycles. The van der Waals surface area contributed by atoms with Crippen LogP contribution in [0.25, 0.3) is 0 Å². The van der Waals surface area contributed by atoms with Gasteiger partial charge >= 0.3 is 5.97 Å².